The van der Waals surface area contributed by atoms with E-state index in [4.69, 9.17) is 19.8 Å². The second-order valence-corrected chi connectivity index (χ2v) is 5.87. The number of aliphatic carboxylic acids is 2. The van der Waals surface area contributed by atoms with Crippen LogP contribution in [0.25, 0.3) is 0 Å². The highest BCUT2D eigenvalue weighted by Crippen LogP contribution is 2.47. The molecule has 1 saturated heterocycles. The van der Waals surface area contributed by atoms with Gasteiger partial charge < -0.3 is 10.2 Å². The molecule has 2 aliphatic rings. The summed E-state index contributed by atoms with van der Waals surface area (Å²) < 4.78 is 0. The Hall–Kier alpha value is -1.88. The van der Waals surface area contributed by atoms with Gasteiger partial charge in [0.2, 0.25) is 0 Å². The number of rotatable bonds is 2. The number of nitrogens with zero attached hydrogens (tertiary/aromatic N) is 1. The largest absolute Gasteiger partial charge is 0.473 e. The molecule has 0 aromatic heterocycles. The zero-order valence-electron chi connectivity index (χ0n) is 12.9. The number of hydrogen-bond acceptors (Lipinski definition) is 3. The van der Waals surface area contributed by atoms with Crippen LogP contribution in [0.15, 0.2) is 24.3 Å². The van der Waals surface area contributed by atoms with Crippen LogP contribution < -0.4 is 0 Å². The van der Waals surface area contributed by atoms with Crippen LogP contribution in [0.1, 0.15) is 55.7 Å². The normalized spacial score (nSPS) is 23.0. The number of likely N-dealkylation sites (tertiary alicyclic amines) is 1. The zero-order chi connectivity index (χ0) is 16.1. The van der Waals surface area contributed by atoms with Crippen molar-refractivity contribution in [2.24, 2.45) is 0 Å². The van der Waals surface area contributed by atoms with E-state index in [2.05, 4.69) is 36.1 Å². The average Bonchev–Trinajstić information content (AvgIpc) is 2.71. The molecule has 1 aliphatic carbocycles. The van der Waals surface area contributed by atoms with Gasteiger partial charge in [0.25, 0.3) is 0 Å². The van der Waals surface area contributed by atoms with Gasteiger partial charge in [0.1, 0.15) is 0 Å². The van der Waals surface area contributed by atoms with Gasteiger partial charge in [0, 0.05) is 6.04 Å². The van der Waals surface area contributed by atoms with E-state index < -0.39 is 11.9 Å². The maximum atomic E-state index is 9.10. The fourth-order valence-electron chi connectivity index (χ4n) is 3.58. The molecule has 1 heterocycles. The fourth-order valence-corrected chi connectivity index (χ4v) is 3.58. The Morgan fingerprint density at radius 1 is 1.18 bits per heavy atom. The van der Waals surface area contributed by atoms with Gasteiger partial charge >= 0.3 is 11.9 Å². The van der Waals surface area contributed by atoms with Gasteiger partial charge in [-0.2, -0.15) is 0 Å². The number of hydrogen-bond donors (Lipinski definition) is 2. The van der Waals surface area contributed by atoms with Crippen LogP contribution in [-0.2, 0) is 9.59 Å². The highest BCUT2D eigenvalue weighted by atomic mass is 16.4. The minimum absolute atomic E-state index is 0.726. The quantitative estimate of drug-likeness (QED) is 0.822. The van der Waals surface area contributed by atoms with E-state index in [1.165, 1.54) is 38.8 Å². The molecule has 1 aromatic carbocycles. The van der Waals surface area contributed by atoms with Crippen molar-refractivity contribution in [2.75, 3.05) is 13.1 Å². The van der Waals surface area contributed by atoms with Crippen molar-refractivity contribution in [2.45, 2.75) is 44.6 Å². The molecule has 5 heteroatoms. The third kappa shape index (κ3) is 3.65. The van der Waals surface area contributed by atoms with Crippen LogP contribution in [0, 0.1) is 0 Å². The maximum absolute atomic E-state index is 9.10. The lowest BCUT2D eigenvalue weighted by atomic mass is 9.96. The molecule has 0 radical (unpaired) electrons. The number of fused-ring (bicyclic) bond motifs is 5. The highest BCUT2D eigenvalue weighted by Gasteiger charge is 2.35. The Kier molecular flexibility index (Phi) is 5.55. The lowest BCUT2D eigenvalue weighted by Gasteiger charge is -2.28. The third-order valence-electron chi connectivity index (χ3n) is 4.44. The number of carboxylic acids is 2. The molecule has 120 valence electrons. The van der Waals surface area contributed by atoms with Crippen molar-refractivity contribution >= 4 is 11.9 Å². The first-order valence-electron chi connectivity index (χ1n) is 7.83. The van der Waals surface area contributed by atoms with Gasteiger partial charge in [0.15, 0.2) is 0 Å². The molecule has 1 fully saturated rings. The van der Waals surface area contributed by atoms with Crippen molar-refractivity contribution in [3.8, 4) is 0 Å². The third-order valence-corrected chi connectivity index (χ3v) is 4.44. The summed E-state index contributed by atoms with van der Waals surface area (Å²) in [5, 5.41) is 14.8. The molecule has 0 amide bonds. The van der Waals surface area contributed by atoms with Crippen LogP contribution in [0.2, 0.25) is 0 Å². The summed E-state index contributed by atoms with van der Waals surface area (Å²) in [6, 6.07) is 9.85. The fraction of sp³-hybridized carbons (Fsp3) is 0.529. The first-order chi connectivity index (χ1) is 10.5. The number of benzene rings is 1. The van der Waals surface area contributed by atoms with Crippen molar-refractivity contribution in [3.05, 3.63) is 35.4 Å². The van der Waals surface area contributed by atoms with Crippen LogP contribution in [0.5, 0.6) is 0 Å². The topological polar surface area (TPSA) is 77.8 Å². The molecule has 1 aromatic rings. The second kappa shape index (κ2) is 7.40. The van der Waals surface area contributed by atoms with E-state index in [-0.39, 0.29) is 0 Å². The van der Waals surface area contributed by atoms with E-state index in [1.807, 2.05) is 0 Å². The van der Waals surface area contributed by atoms with Crippen LogP contribution >= 0.6 is 0 Å². The summed E-state index contributed by atoms with van der Waals surface area (Å²) in [6.45, 7) is 4.87. The van der Waals surface area contributed by atoms with Gasteiger partial charge in [-0.05, 0) is 55.8 Å². The Bertz CT molecular complexity index is 531. The van der Waals surface area contributed by atoms with Gasteiger partial charge in [-0.15, -0.1) is 0 Å². The lowest BCUT2D eigenvalue weighted by molar-refractivity contribution is -0.159. The van der Waals surface area contributed by atoms with Gasteiger partial charge in [0.05, 0.1) is 0 Å². The van der Waals surface area contributed by atoms with Crippen LogP contribution in [0.3, 0.4) is 0 Å². The van der Waals surface area contributed by atoms with Crippen molar-refractivity contribution < 1.29 is 19.8 Å². The maximum Gasteiger partial charge on any atom is 0.414 e. The highest BCUT2D eigenvalue weighted by molar-refractivity contribution is 6.27. The first kappa shape index (κ1) is 16.5. The monoisotopic (exact) mass is 305 g/mol. The molecule has 2 atom stereocenters. The molecule has 22 heavy (non-hydrogen) atoms. The minimum atomic E-state index is -1.82. The molecule has 2 bridgehead atoms. The van der Waals surface area contributed by atoms with Crippen LogP contribution in [0.4, 0.5) is 0 Å². The molecule has 3 rings (SSSR count). The van der Waals surface area contributed by atoms with Gasteiger partial charge in [-0.3, -0.25) is 4.90 Å². The Labute approximate surface area is 130 Å². The zero-order valence-corrected chi connectivity index (χ0v) is 12.9. The van der Waals surface area contributed by atoms with E-state index >= 15 is 0 Å². The summed E-state index contributed by atoms with van der Waals surface area (Å²) in [6.07, 6.45) is 5.44. The van der Waals surface area contributed by atoms with Gasteiger partial charge in [-0.25, -0.2) is 9.59 Å². The average molecular weight is 305 g/mol. The predicted octanol–water partition coefficient (Wildman–Crippen LogP) is 2.88. The van der Waals surface area contributed by atoms with E-state index in [0.29, 0.717) is 0 Å². The first-order valence-corrected chi connectivity index (χ1v) is 7.83. The standard InChI is InChI=1S/C15H21N.C2H2O4/c1-2-9-16-10-5-6-12-11-15(16)14-8-4-3-7-13(12)14;3-1(4)2(5)6/h3-4,7-8,12,15H,2,5-6,9-11H2,1H3;(H,3,4)(H,5,6). The molecule has 2 N–H and O–H groups in total. The summed E-state index contributed by atoms with van der Waals surface area (Å²) in [4.78, 5) is 20.9. The number of carbonyl (C=O) groups is 2. The SMILES string of the molecule is CCCN1CCCC2CC1c1ccccc12.O=C(O)C(=O)O. The predicted molar refractivity (Wildman–Crippen MR) is 82.9 cm³/mol. The van der Waals surface area contributed by atoms with E-state index in [1.54, 1.807) is 11.1 Å². The molecular formula is C17H23NO4. The molecule has 2 unspecified atom stereocenters. The van der Waals surface area contributed by atoms with Crippen molar-refractivity contribution in [1.82, 2.24) is 4.90 Å². The Morgan fingerprint density at radius 3 is 2.41 bits per heavy atom. The Morgan fingerprint density at radius 2 is 1.82 bits per heavy atom. The Balaban J connectivity index is 0.000000254. The van der Waals surface area contributed by atoms with Gasteiger partial charge in [-0.1, -0.05) is 31.2 Å². The summed E-state index contributed by atoms with van der Waals surface area (Å²) in [5.41, 5.74) is 3.27. The number of carboxylic acid groups (broad SMARTS) is 2. The van der Waals surface area contributed by atoms with Crippen molar-refractivity contribution in [1.29, 1.82) is 0 Å². The molecule has 1 aliphatic heterocycles. The molecule has 0 saturated carbocycles. The van der Waals surface area contributed by atoms with Crippen molar-refractivity contribution in [3.63, 3.8) is 0 Å². The summed E-state index contributed by atoms with van der Waals surface area (Å²) >= 11 is 0. The van der Waals surface area contributed by atoms with E-state index in [9.17, 15) is 0 Å². The summed E-state index contributed by atoms with van der Waals surface area (Å²) in [5.74, 6) is -2.80. The molecule has 0 spiro atoms. The van der Waals surface area contributed by atoms with Crippen LogP contribution in [-0.4, -0.2) is 40.1 Å². The second-order valence-electron chi connectivity index (χ2n) is 5.87. The van der Waals surface area contributed by atoms with E-state index in [0.717, 1.165) is 12.0 Å². The minimum Gasteiger partial charge on any atom is -0.473 e. The molecule has 5 nitrogen and oxygen atoms in total. The molecular weight excluding hydrogens is 282 g/mol. The smallest absolute Gasteiger partial charge is 0.414 e. The summed E-state index contributed by atoms with van der Waals surface area (Å²) in [7, 11) is 0. The lowest BCUT2D eigenvalue weighted by Crippen LogP contribution is -2.28.